The van der Waals surface area contributed by atoms with Gasteiger partial charge in [-0.3, -0.25) is 4.57 Å². The second kappa shape index (κ2) is 10.9. The number of aryl methyl sites for hydroxylation is 1. The average Bonchev–Trinajstić information content (AvgIpc) is 2.82. The molecule has 0 bridgehead atoms. The molecule has 0 aliphatic heterocycles. The number of aliphatic hydroxyl groups is 1. The van der Waals surface area contributed by atoms with Crippen molar-refractivity contribution in [2.75, 3.05) is 6.38 Å². The van der Waals surface area contributed by atoms with Gasteiger partial charge in [0.2, 0.25) is 0 Å². The van der Waals surface area contributed by atoms with Crippen LogP contribution in [0.4, 0.5) is 0 Å². The first-order valence-electron chi connectivity index (χ1n) is 7.32. The summed E-state index contributed by atoms with van der Waals surface area (Å²) in [5.41, 5.74) is 2.04. The third-order valence-electron chi connectivity index (χ3n) is 3.23. The van der Waals surface area contributed by atoms with Gasteiger partial charge in [-0.2, -0.15) is 5.10 Å². The Hall–Kier alpha value is -0.824. The van der Waals surface area contributed by atoms with E-state index in [4.69, 9.17) is 0 Å². The fourth-order valence-electron chi connectivity index (χ4n) is 2.17. The molecule has 0 saturated heterocycles. The Morgan fingerprint density at radius 2 is 1.87 bits per heavy atom. The molecule has 0 fully saturated rings. The van der Waals surface area contributed by atoms with Gasteiger partial charge in [-0.1, -0.05) is 36.8 Å². The van der Waals surface area contributed by atoms with Crippen LogP contribution in [0, 0.1) is 6.92 Å². The van der Waals surface area contributed by atoms with Crippen molar-refractivity contribution in [2.45, 2.75) is 46.4 Å². The first-order valence-corrected chi connectivity index (χ1v) is 8.07. The number of aromatic nitrogens is 3. The molecule has 0 spiro atoms. The molecule has 1 unspecified atom stereocenters. The topological polar surface area (TPSA) is 60.0 Å². The van der Waals surface area contributed by atoms with Gasteiger partial charge < -0.3 is 7.96 Å². The van der Waals surface area contributed by atoms with E-state index in [1.165, 1.54) is 16.6 Å². The second-order valence-corrected chi connectivity index (χ2v) is 5.11. The third kappa shape index (κ3) is 5.95. The average molecular weight is 352 g/mol. The molecular weight excluding hydrogens is 326 g/mol. The summed E-state index contributed by atoms with van der Waals surface area (Å²) < 4.78 is 2.97. The van der Waals surface area contributed by atoms with E-state index in [-0.39, 0.29) is 31.6 Å². The van der Waals surface area contributed by atoms with Gasteiger partial charge in [0.25, 0.3) is 0 Å². The van der Waals surface area contributed by atoms with Gasteiger partial charge >= 0.3 is 28.7 Å². The van der Waals surface area contributed by atoms with Crippen LogP contribution in [0.2, 0.25) is 0 Å². The summed E-state index contributed by atoms with van der Waals surface area (Å²) in [6.07, 6.45) is 1.56. The van der Waals surface area contributed by atoms with Gasteiger partial charge in [-0.25, -0.2) is 9.48 Å². The molecule has 0 aliphatic rings. The quantitative estimate of drug-likeness (QED) is 0.665. The number of hydrogen-bond donors (Lipinski definition) is 1. The van der Waals surface area contributed by atoms with Crippen molar-refractivity contribution < 1.29 is 7.96 Å². The maximum Gasteiger partial charge on any atom is 2.00 e. The zero-order valence-corrected chi connectivity index (χ0v) is 16.5. The molecule has 1 heterocycles. The van der Waals surface area contributed by atoms with E-state index in [2.05, 4.69) is 16.7 Å². The SMILES string of the molecule is CCCn1c(C(C)O)nn(Cc2ccc(C)cc2)c1=O.CCl.[H-].[H-].[Mg+2]. The van der Waals surface area contributed by atoms with Crippen molar-refractivity contribution in [1.29, 1.82) is 0 Å². The maximum absolute atomic E-state index is 12.3. The summed E-state index contributed by atoms with van der Waals surface area (Å²) in [7, 11) is 0. The normalized spacial score (nSPS) is 11.2. The molecule has 1 atom stereocenters. The molecule has 0 saturated carbocycles. The zero-order chi connectivity index (χ0) is 16.7. The van der Waals surface area contributed by atoms with Gasteiger partial charge in [0.1, 0.15) is 6.10 Å². The number of benzene rings is 1. The Morgan fingerprint density at radius 1 is 1.30 bits per heavy atom. The monoisotopic (exact) mass is 351 g/mol. The molecular formula is C16H26ClMgN3O2. The fraction of sp³-hybridized carbons (Fsp3) is 0.500. The Morgan fingerprint density at radius 3 is 2.35 bits per heavy atom. The first kappa shape index (κ1) is 22.2. The molecule has 126 valence electrons. The molecule has 5 nitrogen and oxygen atoms in total. The van der Waals surface area contributed by atoms with Crippen molar-refractivity contribution in [3.05, 3.63) is 51.7 Å². The molecule has 0 amide bonds. The van der Waals surface area contributed by atoms with E-state index in [0.717, 1.165) is 12.0 Å². The first-order chi connectivity index (χ1) is 10.5. The minimum atomic E-state index is -0.742. The van der Waals surface area contributed by atoms with Crippen molar-refractivity contribution in [3.8, 4) is 0 Å². The Balaban J connectivity index is -0.000000934. The van der Waals surface area contributed by atoms with E-state index in [0.29, 0.717) is 18.9 Å². The minimum Gasteiger partial charge on any atom is -1.00 e. The molecule has 0 aliphatic carbocycles. The summed E-state index contributed by atoms with van der Waals surface area (Å²) >= 11 is 4.64. The van der Waals surface area contributed by atoms with Crippen molar-refractivity contribution in [3.63, 3.8) is 0 Å². The van der Waals surface area contributed by atoms with Crippen LogP contribution < -0.4 is 5.69 Å². The standard InChI is InChI=1S/C15H21N3O2.CH3Cl.Mg.2H/c1-4-9-17-14(12(3)19)16-18(15(17)20)10-13-7-5-11(2)6-8-13;1-2;;;/h5-8,12,19H,4,9-10H2,1-3H3;1H3;;;/q;;+2;2*-1. The molecule has 1 aromatic heterocycles. The van der Waals surface area contributed by atoms with E-state index >= 15 is 0 Å². The van der Waals surface area contributed by atoms with Crippen LogP contribution in [0.5, 0.6) is 0 Å². The number of rotatable bonds is 5. The molecule has 23 heavy (non-hydrogen) atoms. The van der Waals surface area contributed by atoms with Gasteiger partial charge in [0, 0.05) is 12.9 Å². The van der Waals surface area contributed by atoms with Crippen molar-refractivity contribution in [2.24, 2.45) is 0 Å². The van der Waals surface area contributed by atoms with Gasteiger partial charge in [-0.15, -0.1) is 11.6 Å². The zero-order valence-electron chi connectivity index (χ0n) is 16.3. The van der Waals surface area contributed by atoms with E-state index < -0.39 is 6.10 Å². The molecule has 1 aromatic carbocycles. The predicted octanol–water partition coefficient (Wildman–Crippen LogP) is 2.56. The third-order valence-corrected chi connectivity index (χ3v) is 3.23. The van der Waals surface area contributed by atoms with Crippen LogP contribution in [0.3, 0.4) is 0 Å². The molecule has 2 rings (SSSR count). The summed E-state index contributed by atoms with van der Waals surface area (Å²) in [5.74, 6) is 0.434. The van der Waals surface area contributed by atoms with Crippen LogP contribution in [0.1, 0.15) is 46.2 Å². The molecule has 7 heteroatoms. The molecule has 2 aromatic rings. The largest absolute Gasteiger partial charge is 2.00 e. The van der Waals surface area contributed by atoms with Crippen molar-refractivity contribution >= 4 is 34.7 Å². The molecule has 0 radical (unpaired) electrons. The Bertz CT molecular complexity index is 646. The van der Waals surface area contributed by atoms with E-state index in [9.17, 15) is 9.90 Å². The summed E-state index contributed by atoms with van der Waals surface area (Å²) in [4.78, 5) is 12.3. The number of nitrogens with zero attached hydrogens (tertiary/aromatic N) is 3. The predicted molar refractivity (Wildman–Crippen MR) is 97.4 cm³/mol. The fourth-order valence-corrected chi connectivity index (χ4v) is 2.17. The Labute approximate surface area is 161 Å². The van der Waals surface area contributed by atoms with Crippen LogP contribution in [-0.2, 0) is 13.1 Å². The van der Waals surface area contributed by atoms with Crippen molar-refractivity contribution in [1.82, 2.24) is 14.3 Å². The number of hydrogen-bond acceptors (Lipinski definition) is 3. The summed E-state index contributed by atoms with van der Waals surface area (Å²) in [6.45, 7) is 6.65. The van der Waals surface area contributed by atoms with Crippen LogP contribution in [0.25, 0.3) is 0 Å². The van der Waals surface area contributed by atoms with Crippen LogP contribution in [0.15, 0.2) is 29.1 Å². The molecule has 1 N–H and O–H groups in total. The number of halogens is 1. The number of aliphatic hydroxyl groups excluding tert-OH is 1. The summed E-state index contributed by atoms with van der Waals surface area (Å²) in [6, 6.07) is 8.00. The minimum absolute atomic E-state index is 0. The van der Waals surface area contributed by atoms with Gasteiger partial charge in [-0.05, 0) is 25.8 Å². The van der Waals surface area contributed by atoms with Crippen LogP contribution in [-0.4, -0.2) is 48.9 Å². The van der Waals surface area contributed by atoms with Crippen LogP contribution >= 0.6 is 11.6 Å². The second-order valence-electron chi connectivity index (χ2n) is 5.11. The van der Waals surface area contributed by atoms with E-state index in [1.807, 2.05) is 38.1 Å². The van der Waals surface area contributed by atoms with E-state index in [1.54, 1.807) is 11.5 Å². The maximum atomic E-state index is 12.3. The Kier molecular flexibility index (Phi) is 10.5. The van der Waals surface area contributed by atoms with Gasteiger partial charge in [0.05, 0.1) is 6.54 Å². The number of alkyl halides is 1. The summed E-state index contributed by atoms with van der Waals surface area (Å²) in [5, 5.41) is 14.0. The van der Waals surface area contributed by atoms with Gasteiger partial charge in [0.15, 0.2) is 5.82 Å². The smallest absolute Gasteiger partial charge is 1.00 e.